The number of thioether (sulfide) groups is 1. The van der Waals surface area contributed by atoms with Gasteiger partial charge in [-0.25, -0.2) is 0 Å². The predicted molar refractivity (Wildman–Crippen MR) is 86.9 cm³/mol. The summed E-state index contributed by atoms with van der Waals surface area (Å²) in [6.07, 6.45) is 6.17. The number of fused-ring (bicyclic) bond motifs is 1. The Hall–Kier alpha value is -1.18. The van der Waals surface area contributed by atoms with Gasteiger partial charge in [0.1, 0.15) is 10.5 Å². The quantitative estimate of drug-likeness (QED) is 0.857. The van der Waals surface area contributed by atoms with Crippen molar-refractivity contribution in [3.05, 3.63) is 29.3 Å². The third-order valence-corrected chi connectivity index (χ3v) is 6.01. The maximum atomic E-state index is 9.32. The Kier molecular flexibility index (Phi) is 4.42. The molecule has 0 amide bonds. The monoisotopic (exact) mass is 302 g/mol. The minimum absolute atomic E-state index is 0.137. The number of likely N-dealkylation sites (tertiary alicyclic amines) is 1. The molecule has 1 aromatic rings. The standard InChI is InChI=1S/C17H22N2OS/c1-21-17(13-18)6-9-19(10-7-17)8-4-14-2-3-16-15(12-14)5-11-20-16/h2-3,12H,4-11H2,1H3. The molecule has 2 aliphatic heterocycles. The van der Waals surface area contributed by atoms with Gasteiger partial charge in [0.15, 0.2) is 0 Å². The van der Waals surface area contributed by atoms with E-state index in [0.29, 0.717) is 0 Å². The SMILES string of the molecule is CSC1(C#N)CCN(CCc2ccc3c(c2)CCO3)CC1. The average Bonchev–Trinajstić information content (AvgIpc) is 3.01. The highest BCUT2D eigenvalue weighted by Crippen LogP contribution is 2.33. The van der Waals surface area contributed by atoms with Gasteiger partial charge < -0.3 is 9.64 Å². The van der Waals surface area contributed by atoms with E-state index < -0.39 is 0 Å². The minimum Gasteiger partial charge on any atom is -0.493 e. The van der Waals surface area contributed by atoms with E-state index >= 15 is 0 Å². The fourth-order valence-electron chi connectivity index (χ4n) is 3.18. The lowest BCUT2D eigenvalue weighted by atomic mass is 9.97. The molecule has 0 spiro atoms. The van der Waals surface area contributed by atoms with E-state index in [1.54, 1.807) is 11.8 Å². The summed E-state index contributed by atoms with van der Waals surface area (Å²) < 4.78 is 5.41. The summed E-state index contributed by atoms with van der Waals surface area (Å²) in [4.78, 5) is 2.50. The molecule has 1 fully saturated rings. The summed E-state index contributed by atoms with van der Waals surface area (Å²) in [5, 5.41) is 9.32. The number of rotatable bonds is 4. The number of piperidine rings is 1. The number of benzene rings is 1. The third kappa shape index (κ3) is 3.20. The maximum absolute atomic E-state index is 9.32. The molecule has 0 aromatic heterocycles. The van der Waals surface area contributed by atoms with Gasteiger partial charge in [-0.1, -0.05) is 12.1 Å². The molecule has 0 unspecified atom stereocenters. The van der Waals surface area contributed by atoms with Gasteiger partial charge in [0, 0.05) is 26.1 Å². The second kappa shape index (κ2) is 6.29. The largest absolute Gasteiger partial charge is 0.493 e. The summed E-state index contributed by atoms with van der Waals surface area (Å²) in [5.74, 6) is 1.07. The summed E-state index contributed by atoms with van der Waals surface area (Å²) in [6, 6.07) is 9.11. The van der Waals surface area contributed by atoms with Crippen LogP contribution in [0.3, 0.4) is 0 Å². The molecule has 3 nitrogen and oxygen atoms in total. The van der Waals surface area contributed by atoms with Gasteiger partial charge in [-0.2, -0.15) is 5.26 Å². The molecule has 21 heavy (non-hydrogen) atoms. The highest BCUT2D eigenvalue weighted by Gasteiger charge is 2.33. The Bertz CT molecular complexity index is 544. The van der Waals surface area contributed by atoms with Gasteiger partial charge in [-0.3, -0.25) is 0 Å². The zero-order valence-corrected chi connectivity index (χ0v) is 13.4. The maximum Gasteiger partial charge on any atom is 0.122 e. The molecule has 2 heterocycles. The summed E-state index contributed by atoms with van der Waals surface area (Å²) in [7, 11) is 0. The van der Waals surface area contributed by atoms with Gasteiger partial charge in [-0.15, -0.1) is 11.8 Å². The van der Waals surface area contributed by atoms with Crippen LogP contribution in [-0.2, 0) is 12.8 Å². The van der Waals surface area contributed by atoms with Crippen molar-refractivity contribution in [2.45, 2.75) is 30.4 Å². The molecular formula is C17H22N2OS. The first-order valence-electron chi connectivity index (χ1n) is 7.68. The molecule has 0 bridgehead atoms. The third-order valence-electron chi connectivity index (χ3n) is 4.73. The molecule has 0 saturated carbocycles. The predicted octanol–water partition coefficient (Wildman–Crippen LogP) is 2.89. The van der Waals surface area contributed by atoms with Gasteiger partial charge in [-0.05, 0) is 42.7 Å². The van der Waals surface area contributed by atoms with Crippen molar-refractivity contribution in [3.63, 3.8) is 0 Å². The number of ether oxygens (including phenoxy) is 1. The molecule has 1 saturated heterocycles. The Morgan fingerprint density at radius 1 is 1.38 bits per heavy atom. The lowest BCUT2D eigenvalue weighted by Gasteiger charge is -2.36. The van der Waals surface area contributed by atoms with Crippen molar-refractivity contribution < 1.29 is 4.74 Å². The van der Waals surface area contributed by atoms with Gasteiger partial charge in [0.05, 0.1) is 12.7 Å². The van der Waals surface area contributed by atoms with Crippen LogP contribution in [0.2, 0.25) is 0 Å². The van der Waals surface area contributed by atoms with Crippen molar-refractivity contribution in [1.82, 2.24) is 4.90 Å². The highest BCUT2D eigenvalue weighted by atomic mass is 32.2. The molecule has 1 aromatic carbocycles. The van der Waals surface area contributed by atoms with Crippen LogP contribution in [0.5, 0.6) is 5.75 Å². The van der Waals surface area contributed by atoms with Crippen molar-refractivity contribution in [1.29, 1.82) is 5.26 Å². The Balaban J connectivity index is 1.52. The van der Waals surface area contributed by atoms with E-state index in [-0.39, 0.29) is 4.75 Å². The van der Waals surface area contributed by atoms with Crippen LogP contribution in [0.1, 0.15) is 24.0 Å². The second-order valence-electron chi connectivity index (χ2n) is 5.94. The normalized spacial score (nSPS) is 20.6. The number of nitriles is 1. The molecule has 0 radical (unpaired) electrons. The van der Waals surface area contributed by atoms with Crippen LogP contribution in [0.4, 0.5) is 0 Å². The summed E-state index contributed by atoms with van der Waals surface area (Å²) >= 11 is 1.72. The van der Waals surface area contributed by atoms with E-state index in [9.17, 15) is 5.26 Å². The topological polar surface area (TPSA) is 36.3 Å². The molecule has 112 valence electrons. The molecule has 3 rings (SSSR count). The molecule has 0 aliphatic carbocycles. The smallest absolute Gasteiger partial charge is 0.122 e. The van der Waals surface area contributed by atoms with Crippen molar-refractivity contribution in [2.24, 2.45) is 0 Å². The summed E-state index contributed by atoms with van der Waals surface area (Å²) in [6.45, 7) is 4.01. The fraction of sp³-hybridized carbons (Fsp3) is 0.588. The minimum atomic E-state index is -0.137. The number of hydrogen-bond donors (Lipinski definition) is 0. The molecule has 2 aliphatic rings. The Labute approximate surface area is 131 Å². The van der Waals surface area contributed by atoms with E-state index in [4.69, 9.17) is 4.74 Å². The first kappa shape index (κ1) is 14.7. The van der Waals surface area contributed by atoms with Crippen molar-refractivity contribution in [2.75, 3.05) is 32.5 Å². The second-order valence-corrected chi connectivity index (χ2v) is 7.13. The van der Waals surface area contributed by atoms with Crippen LogP contribution in [-0.4, -0.2) is 42.1 Å². The Morgan fingerprint density at radius 2 is 2.19 bits per heavy atom. The first-order valence-corrected chi connectivity index (χ1v) is 8.90. The van der Waals surface area contributed by atoms with Crippen molar-refractivity contribution in [3.8, 4) is 11.8 Å². The van der Waals surface area contributed by atoms with Crippen LogP contribution in [0.25, 0.3) is 0 Å². The Morgan fingerprint density at radius 3 is 2.90 bits per heavy atom. The van der Waals surface area contributed by atoms with Crippen LogP contribution in [0, 0.1) is 11.3 Å². The van der Waals surface area contributed by atoms with Crippen LogP contribution < -0.4 is 4.74 Å². The van der Waals surface area contributed by atoms with Crippen molar-refractivity contribution >= 4 is 11.8 Å². The fourth-order valence-corrected chi connectivity index (χ4v) is 3.86. The van der Waals surface area contributed by atoms with Gasteiger partial charge in [0.2, 0.25) is 0 Å². The number of hydrogen-bond acceptors (Lipinski definition) is 4. The van der Waals surface area contributed by atoms with Crippen LogP contribution in [0.15, 0.2) is 18.2 Å². The van der Waals surface area contributed by atoms with E-state index in [2.05, 4.69) is 35.4 Å². The van der Waals surface area contributed by atoms with E-state index in [1.807, 2.05) is 0 Å². The molecule has 0 atom stereocenters. The van der Waals surface area contributed by atoms with Gasteiger partial charge >= 0.3 is 0 Å². The van der Waals surface area contributed by atoms with Crippen LogP contribution >= 0.6 is 11.8 Å². The highest BCUT2D eigenvalue weighted by molar-refractivity contribution is 8.00. The zero-order valence-electron chi connectivity index (χ0n) is 12.6. The lowest BCUT2D eigenvalue weighted by molar-refractivity contribution is 0.219. The van der Waals surface area contributed by atoms with E-state index in [0.717, 1.165) is 57.7 Å². The summed E-state index contributed by atoms with van der Waals surface area (Å²) in [5.41, 5.74) is 2.76. The van der Waals surface area contributed by atoms with E-state index in [1.165, 1.54) is 11.1 Å². The average molecular weight is 302 g/mol. The zero-order chi connectivity index (χ0) is 14.7. The lowest BCUT2D eigenvalue weighted by Crippen LogP contribution is -2.42. The number of nitrogens with zero attached hydrogens (tertiary/aromatic N) is 2. The first-order chi connectivity index (χ1) is 10.2. The molecular weight excluding hydrogens is 280 g/mol. The van der Waals surface area contributed by atoms with Gasteiger partial charge in [0.25, 0.3) is 0 Å². The molecule has 0 N–H and O–H groups in total. The molecule has 4 heteroatoms.